The fourth-order valence-electron chi connectivity index (χ4n) is 9.12. The lowest BCUT2D eigenvalue weighted by Crippen LogP contribution is -2.62. The van der Waals surface area contributed by atoms with Gasteiger partial charge in [-0.05, 0) is 45.6 Å². The highest BCUT2D eigenvalue weighted by Crippen LogP contribution is 2.38. The van der Waals surface area contributed by atoms with Crippen molar-refractivity contribution in [3.05, 3.63) is 121 Å². The zero-order valence-electron chi connectivity index (χ0n) is 42.6. The molecule has 3 heterocycles. The zero-order chi connectivity index (χ0) is 53.8. The molecule has 1 aromatic rings. The van der Waals surface area contributed by atoms with Crippen molar-refractivity contribution in [2.24, 2.45) is 23.5 Å². The van der Waals surface area contributed by atoms with Crippen molar-refractivity contribution in [1.82, 2.24) is 5.32 Å². The maximum absolute atomic E-state index is 14.2. The second-order valence-electron chi connectivity index (χ2n) is 19.9. The van der Waals surface area contributed by atoms with Crippen molar-refractivity contribution in [1.29, 1.82) is 0 Å². The van der Waals surface area contributed by atoms with E-state index in [1.807, 2.05) is 79.8 Å². The van der Waals surface area contributed by atoms with Gasteiger partial charge in [0, 0.05) is 37.5 Å². The normalized spacial score (nSPS) is 42.2. The quantitative estimate of drug-likeness (QED) is 0.189. The van der Waals surface area contributed by atoms with E-state index in [2.05, 4.69) is 5.32 Å². The number of rotatable bonds is 5. The summed E-state index contributed by atoms with van der Waals surface area (Å²) < 4.78 is 23.9. The van der Waals surface area contributed by atoms with Gasteiger partial charge in [0.05, 0.1) is 91.6 Å². The number of aliphatic hydroxyl groups excluding tert-OH is 9. The lowest BCUT2D eigenvalue weighted by molar-refractivity contribution is -0.307. The molecule has 1 aromatic carbocycles. The predicted octanol–water partition coefficient (Wildman–Crippen LogP) is 2.50. The minimum absolute atomic E-state index is 0.0974. The number of nitrogens with two attached hydrogens (primary N) is 1. The summed E-state index contributed by atoms with van der Waals surface area (Å²) in [5.41, 5.74) is 6.92. The third-order valence-electron chi connectivity index (χ3n) is 13.7. The van der Waals surface area contributed by atoms with E-state index in [4.69, 9.17) is 24.7 Å². The monoisotopic (exact) mass is 1030 g/mol. The second kappa shape index (κ2) is 30.4. The van der Waals surface area contributed by atoms with E-state index in [1.165, 1.54) is 0 Å². The van der Waals surface area contributed by atoms with E-state index in [9.17, 15) is 60.7 Å². The summed E-state index contributed by atoms with van der Waals surface area (Å²) in [5, 5.41) is 113. The molecule has 0 spiro atoms. The Bertz CT molecular complexity index is 2030. The van der Waals surface area contributed by atoms with Gasteiger partial charge in [0.2, 0.25) is 5.91 Å². The number of cyclic esters (lactones) is 1. The van der Waals surface area contributed by atoms with Crippen LogP contribution in [-0.2, 0) is 28.5 Å². The molecule has 3 aliphatic heterocycles. The predicted molar refractivity (Wildman–Crippen MR) is 272 cm³/mol. The smallest absolute Gasteiger partial charge is 0.308 e. The molecule has 20 atom stereocenters. The first kappa shape index (κ1) is 61.3. The average molecular weight is 1030 g/mol. The first-order valence-corrected chi connectivity index (χ1v) is 25.4. The van der Waals surface area contributed by atoms with Gasteiger partial charge in [-0.2, -0.15) is 0 Å². The van der Waals surface area contributed by atoms with Gasteiger partial charge in [0.25, 0.3) is 0 Å². The van der Waals surface area contributed by atoms with Crippen LogP contribution < -0.4 is 11.1 Å². The number of carbonyl (C=O) groups is 2. The number of hydrogen-bond acceptors (Lipinski definition) is 17. The number of nitrogens with one attached hydrogen (secondary N) is 1. The molecule has 0 aliphatic carbocycles. The average Bonchev–Trinajstić information content (AvgIpc) is 3.32. The summed E-state index contributed by atoms with van der Waals surface area (Å²) in [7, 11) is 0. The van der Waals surface area contributed by atoms with Crippen molar-refractivity contribution in [2.45, 2.75) is 189 Å². The summed E-state index contributed by atoms with van der Waals surface area (Å²) in [4.78, 5) is 26.9. The fraction of sp³-hybridized carbons (Fsp3) is 0.600. The summed E-state index contributed by atoms with van der Waals surface area (Å²) in [5.74, 6) is -5.67. The molecule has 73 heavy (non-hydrogen) atoms. The number of allylic oxidation sites excluding steroid dienone is 12. The van der Waals surface area contributed by atoms with Gasteiger partial charge in [-0.15, -0.1) is 0 Å². The zero-order valence-corrected chi connectivity index (χ0v) is 42.6. The van der Waals surface area contributed by atoms with Crippen LogP contribution in [-0.4, -0.2) is 160 Å². The van der Waals surface area contributed by atoms with E-state index in [0.29, 0.717) is 0 Å². The Labute approximate surface area is 429 Å². The maximum Gasteiger partial charge on any atom is 0.308 e. The second-order valence-corrected chi connectivity index (χ2v) is 19.9. The highest BCUT2D eigenvalue weighted by Gasteiger charge is 2.51. The molecule has 18 heteroatoms. The molecule has 13 N–H and O–H groups in total. The number of aliphatic hydroxyl groups is 10. The molecule has 408 valence electrons. The van der Waals surface area contributed by atoms with Crippen LogP contribution in [0.15, 0.2) is 115 Å². The Morgan fingerprint density at radius 3 is 1.89 bits per heavy atom. The molecule has 18 nitrogen and oxygen atoms in total. The standard InChI is InChI=1S/C55H82N2O16/c1-33-21-17-14-12-10-8-6-7-9-11-13-15-20-24-42(72-54-52(67)49(56)51(66)37(5)71-54)30-46-48(53(68)57-35(3)38-22-18-16-19-23-38)45(63)32-55(69,73-46)31-41(60)28-44(62)43(61)26-25-39(58)27-40(59)29-47(64)70-36(4)34(2)50(33)65/h6-24,33-37,39-46,48-52,54,58-63,65-67,69H,25-32,56H2,1-5H3,(H,57,68)/b7-6+,10-8+,11-9+,14-12+,15-13+,21-17+,24-20+/t33?,34?,35?,36?,37?,39-,40-,41+,42+,43-,44-,45?,46?,48-,49?,50-,51?,52?,54?,55-/m1/s1. The SMILES string of the molecule is CC(NC(=O)[C@@H]1C(O)C[C@@]2(O)C[C@@H](O)C[C@@H](O)[C@H](O)CC[C@@H](O)C[C@@H](O)CC(=O)OC(C)C(C)[C@H](O)C(C)/C=C/C=C/C=C/C=C/C=C/C=C/C=C/[C@H](OC3OC(C)C(O)C(N)C3O)CC1O2)c1ccccc1. The molecule has 2 bridgehead atoms. The Morgan fingerprint density at radius 1 is 0.685 bits per heavy atom. The number of carbonyl (C=O) groups excluding carboxylic acids is 2. The molecule has 11 unspecified atom stereocenters. The number of fused-ring (bicyclic) bond motifs is 2. The van der Waals surface area contributed by atoms with Gasteiger partial charge in [0.1, 0.15) is 12.2 Å². The largest absolute Gasteiger partial charge is 0.462 e. The van der Waals surface area contributed by atoms with E-state index < -0.39 is 153 Å². The highest BCUT2D eigenvalue weighted by molar-refractivity contribution is 5.80. The van der Waals surface area contributed by atoms with Crippen LogP contribution >= 0.6 is 0 Å². The summed E-state index contributed by atoms with van der Waals surface area (Å²) in [6.45, 7) is 8.57. The molecular formula is C55H82N2O16. The summed E-state index contributed by atoms with van der Waals surface area (Å²) >= 11 is 0. The van der Waals surface area contributed by atoms with Crippen LogP contribution in [0, 0.1) is 17.8 Å². The topological polar surface area (TPSA) is 311 Å². The number of ether oxygens (including phenoxy) is 4. The molecule has 3 aliphatic rings. The van der Waals surface area contributed by atoms with Crippen molar-refractivity contribution in [3.8, 4) is 0 Å². The van der Waals surface area contributed by atoms with E-state index in [0.717, 1.165) is 5.56 Å². The molecule has 4 rings (SSSR count). The third-order valence-corrected chi connectivity index (χ3v) is 13.7. The third kappa shape index (κ3) is 20.1. The lowest BCUT2D eigenvalue weighted by atomic mass is 9.82. The summed E-state index contributed by atoms with van der Waals surface area (Å²) in [6, 6.07) is 7.47. The van der Waals surface area contributed by atoms with Crippen LogP contribution in [0.1, 0.15) is 97.6 Å². The Morgan fingerprint density at radius 2 is 1.27 bits per heavy atom. The van der Waals surface area contributed by atoms with E-state index >= 15 is 0 Å². The Kier molecular flexibility index (Phi) is 25.5. The Hall–Kier alpha value is -4.22. The van der Waals surface area contributed by atoms with E-state index in [-0.39, 0.29) is 31.6 Å². The van der Waals surface area contributed by atoms with Gasteiger partial charge in [-0.25, -0.2) is 0 Å². The van der Waals surface area contributed by atoms with Crippen molar-refractivity contribution < 1.29 is 79.6 Å². The number of benzene rings is 1. The van der Waals surface area contributed by atoms with Gasteiger partial charge in [-0.1, -0.05) is 129 Å². The molecule has 2 fully saturated rings. The maximum atomic E-state index is 14.2. The molecule has 0 saturated carbocycles. The number of amides is 1. The summed E-state index contributed by atoms with van der Waals surface area (Å²) in [6.07, 6.45) is 4.62. The molecule has 0 radical (unpaired) electrons. The molecule has 1 amide bonds. The van der Waals surface area contributed by atoms with Crippen LogP contribution in [0.3, 0.4) is 0 Å². The first-order chi connectivity index (χ1) is 34.6. The molecule has 2 saturated heterocycles. The minimum atomic E-state index is -2.29. The number of esters is 1. The van der Waals surface area contributed by atoms with Gasteiger partial charge < -0.3 is 81.1 Å². The van der Waals surface area contributed by atoms with Gasteiger partial charge >= 0.3 is 5.97 Å². The Balaban J connectivity index is 1.62. The van der Waals surface area contributed by atoms with Gasteiger partial charge in [0.15, 0.2) is 12.1 Å². The van der Waals surface area contributed by atoms with Crippen molar-refractivity contribution in [3.63, 3.8) is 0 Å². The van der Waals surface area contributed by atoms with Crippen molar-refractivity contribution in [2.75, 3.05) is 0 Å². The minimum Gasteiger partial charge on any atom is -0.462 e. The number of hydrogen-bond donors (Lipinski definition) is 12. The van der Waals surface area contributed by atoms with Crippen LogP contribution in [0.5, 0.6) is 0 Å². The first-order valence-electron chi connectivity index (χ1n) is 25.4. The van der Waals surface area contributed by atoms with Crippen molar-refractivity contribution >= 4 is 11.9 Å². The molecule has 0 aromatic heterocycles. The van der Waals surface area contributed by atoms with Crippen LogP contribution in [0.25, 0.3) is 0 Å². The highest BCUT2D eigenvalue weighted by atomic mass is 16.7. The fourth-order valence-corrected chi connectivity index (χ4v) is 9.12. The van der Waals surface area contributed by atoms with E-state index in [1.54, 1.807) is 70.2 Å². The molecular weight excluding hydrogens is 945 g/mol. The van der Waals surface area contributed by atoms with Crippen LogP contribution in [0.2, 0.25) is 0 Å². The van der Waals surface area contributed by atoms with Crippen LogP contribution in [0.4, 0.5) is 0 Å². The van der Waals surface area contributed by atoms with Gasteiger partial charge in [-0.3, -0.25) is 9.59 Å². The lowest BCUT2D eigenvalue weighted by Gasteiger charge is -2.46.